The monoisotopic (exact) mass is 378 g/mol. The first-order valence-electron chi connectivity index (χ1n) is 8.41. The molecule has 0 radical (unpaired) electrons. The summed E-state index contributed by atoms with van der Waals surface area (Å²) in [5.41, 5.74) is 0.611. The van der Waals surface area contributed by atoms with E-state index in [-0.39, 0.29) is 22.4 Å². The Morgan fingerprint density at radius 1 is 1.19 bits per heavy atom. The summed E-state index contributed by atoms with van der Waals surface area (Å²) in [6.45, 7) is 3.94. The predicted octanol–water partition coefficient (Wildman–Crippen LogP) is 3.57. The van der Waals surface area contributed by atoms with E-state index in [9.17, 15) is 17.6 Å². The smallest absolute Gasteiger partial charge is 0.264 e. The van der Waals surface area contributed by atoms with Crippen LogP contribution in [0.25, 0.3) is 0 Å². The van der Waals surface area contributed by atoms with Crippen LogP contribution < -0.4 is 9.62 Å². The number of halogens is 1. The second kappa shape index (κ2) is 8.31. The Kier molecular flexibility index (Phi) is 6.37. The molecule has 2 rings (SSSR count). The molecule has 0 saturated heterocycles. The zero-order chi connectivity index (χ0) is 19.3. The van der Waals surface area contributed by atoms with Gasteiger partial charge in [-0.05, 0) is 55.8 Å². The number of nitrogens with one attached hydrogen (secondary N) is 1. The lowest BCUT2D eigenvalue weighted by molar-refractivity contribution is 0.0938. The molecular formula is C19H23FN2O3S. The van der Waals surface area contributed by atoms with Gasteiger partial charge in [0.05, 0.1) is 10.6 Å². The molecule has 0 aliphatic heterocycles. The van der Waals surface area contributed by atoms with Crippen molar-refractivity contribution in [2.75, 3.05) is 11.4 Å². The first-order chi connectivity index (χ1) is 12.3. The molecule has 2 aromatic carbocycles. The van der Waals surface area contributed by atoms with Crippen molar-refractivity contribution in [3.05, 3.63) is 59.9 Å². The number of anilines is 1. The SMILES string of the molecule is CCCC(C)NC(=O)c1cccc(S(=O)(=O)N(C)c2ccc(F)cc2)c1. The molecule has 140 valence electrons. The maximum Gasteiger partial charge on any atom is 0.264 e. The molecule has 26 heavy (non-hydrogen) atoms. The van der Waals surface area contributed by atoms with E-state index < -0.39 is 15.8 Å². The number of hydrogen-bond acceptors (Lipinski definition) is 3. The van der Waals surface area contributed by atoms with E-state index in [1.165, 1.54) is 49.5 Å². The first kappa shape index (κ1) is 19.9. The number of nitrogens with zero attached hydrogens (tertiary/aromatic N) is 1. The van der Waals surface area contributed by atoms with Crippen LogP contribution in [0.1, 0.15) is 37.0 Å². The number of hydrogen-bond donors (Lipinski definition) is 1. The summed E-state index contributed by atoms with van der Waals surface area (Å²) in [5.74, 6) is -0.758. The zero-order valence-electron chi connectivity index (χ0n) is 15.1. The number of sulfonamides is 1. The molecule has 1 atom stereocenters. The van der Waals surface area contributed by atoms with Crippen LogP contribution in [0.2, 0.25) is 0 Å². The Hall–Kier alpha value is -2.41. The van der Waals surface area contributed by atoms with Gasteiger partial charge < -0.3 is 5.32 Å². The van der Waals surface area contributed by atoms with Gasteiger partial charge in [-0.3, -0.25) is 9.10 Å². The number of amides is 1. The maximum atomic E-state index is 13.1. The average molecular weight is 378 g/mol. The lowest BCUT2D eigenvalue weighted by Crippen LogP contribution is -2.32. The van der Waals surface area contributed by atoms with Crippen LogP contribution in [-0.4, -0.2) is 27.4 Å². The third-order valence-corrected chi connectivity index (χ3v) is 5.83. The number of carbonyl (C=O) groups excluding carboxylic acids is 1. The van der Waals surface area contributed by atoms with Gasteiger partial charge in [-0.15, -0.1) is 0 Å². The highest BCUT2D eigenvalue weighted by atomic mass is 32.2. The van der Waals surface area contributed by atoms with Gasteiger partial charge in [0.25, 0.3) is 15.9 Å². The molecular weight excluding hydrogens is 355 g/mol. The van der Waals surface area contributed by atoms with Crippen LogP contribution in [-0.2, 0) is 10.0 Å². The van der Waals surface area contributed by atoms with Crippen molar-refractivity contribution in [3.8, 4) is 0 Å². The zero-order valence-corrected chi connectivity index (χ0v) is 15.9. The van der Waals surface area contributed by atoms with Crippen molar-refractivity contribution in [2.45, 2.75) is 37.6 Å². The van der Waals surface area contributed by atoms with Crippen LogP contribution >= 0.6 is 0 Å². The van der Waals surface area contributed by atoms with Gasteiger partial charge in [-0.1, -0.05) is 19.4 Å². The summed E-state index contributed by atoms with van der Waals surface area (Å²) in [6.07, 6.45) is 1.79. The molecule has 0 aromatic heterocycles. The van der Waals surface area contributed by atoms with E-state index in [1.54, 1.807) is 6.07 Å². The second-order valence-electron chi connectivity index (χ2n) is 6.14. The van der Waals surface area contributed by atoms with Gasteiger partial charge >= 0.3 is 0 Å². The summed E-state index contributed by atoms with van der Waals surface area (Å²) < 4.78 is 39.8. The molecule has 0 saturated carbocycles. The largest absolute Gasteiger partial charge is 0.350 e. The van der Waals surface area contributed by atoms with Crippen molar-refractivity contribution in [1.29, 1.82) is 0 Å². The van der Waals surface area contributed by atoms with Crippen LogP contribution in [0.4, 0.5) is 10.1 Å². The second-order valence-corrected chi connectivity index (χ2v) is 8.11. The Balaban J connectivity index is 2.27. The molecule has 1 N–H and O–H groups in total. The maximum absolute atomic E-state index is 13.1. The Labute approximate surface area is 153 Å². The van der Waals surface area contributed by atoms with Crippen LogP contribution in [0, 0.1) is 5.82 Å². The van der Waals surface area contributed by atoms with Crippen molar-refractivity contribution in [3.63, 3.8) is 0 Å². The first-order valence-corrected chi connectivity index (χ1v) is 9.85. The number of benzene rings is 2. The fourth-order valence-corrected chi connectivity index (χ4v) is 3.80. The van der Waals surface area contributed by atoms with Gasteiger partial charge in [0.2, 0.25) is 0 Å². The predicted molar refractivity (Wildman–Crippen MR) is 100 cm³/mol. The van der Waals surface area contributed by atoms with Gasteiger partial charge in [-0.25, -0.2) is 12.8 Å². The van der Waals surface area contributed by atoms with Crippen molar-refractivity contribution >= 4 is 21.6 Å². The van der Waals surface area contributed by atoms with Gasteiger partial charge in [0.15, 0.2) is 0 Å². The summed E-state index contributed by atoms with van der Waals surface area (Å²) in [4.78, 5) is 12.3. The van der Waals surface area contributed by atoms with E-state index in [4.69, 9.17) is 0 Å². The molecule has 0 fully saturated rings. The molecule has 0 aliphatic carbocycles. The highest BCUT2D eigenvalue weighted by Gasteiger charge is 2.22. The standard InChI is InChI=1S/C19H23FN2O3S/c1-4-6-14(2)21-19(23)15-7-5-8-18(13-15)26(24,25)22(3)17-11-9-16(20)10-12-17/h5,7-14H,4,6H2,1-3H3,(H,21,23). The normalized spacial score (nSPS) is 12.5. The van der Waals surface area contributed by atoms with Gasteiger partial charge in [0.1, 0.15) is 5.82 Å². The molecule has 1 unspecified atom stereocenters. The number of rotatable bonds is 7. The topological polar surface area (TPSA) is 66.5 Å². The summed E-state index contributed by atoms with van der Waals surface area (Å²) >= 11 is 0. The lowest BCUT2D eigenvalue weighted by atomic mass is 10.1. The molecule has 0 bridgehead atoms. The summed E-state index contributed by atoms with van der Waals surface area (Å²) in [5, 5.41) is 2.85. The average Bonchev–Trinajstić information content (AvgIpc) is 2.62. The summed E-state index contributed by atoms with van der Waals surface area (Å²) in [6, 6.07) is 11.1. The molecule has 7 heteroatoms. The Bertz CT molecular complexity index is 867. The molecule has 0 aliphatic rings. The number of carbonyl (C=O) groups is 1. The minimum atomic E-state index is -3.87. The fraction of sp³-hybridized carbons (Fsp3) is 0.316. The molecule has 5 nitrogen and oxygen atoms in total. The van der Waals surface area contributed by atoms with Crippen LogP contribution in [0.3, 0.4) is 0 Å². The highest BCUT2D eigenvalue weighted by Crippen LogP contribution is 2.23. The molecule has 0 heterocycles. The van der Waals surface area contributed by atoms with Crippen molar-refractivity contribution < 1.29 is 17.6 Å². The van der Waals surface area contributed by atoms with Crippen molar-refractivity contribution in [2.24, 2.45) is 0 Å². The van der Waals surface area contributed by atoms with E-state index in [2.05, 4.69) is 5.32 Å². The van der Waals surface area contributed by atoms with E-state index in [0.717, 1.165) is 17.1 Å². The van der Waals surface area contributed by atoms with E-state index >= 15 is 0 Å². The third-order valence-electron chi connectivity index (χ3n) is 4.04. The molecule has 0 spiro atoms. The molecule has 2 aromatic rings. The quantitative estimate of drug-likeness (QED) is 0.801. The van der Waals surface area contributed by atoms with Gasteiger partial charge in [0, 0.05) is 18.7 Å². The van der Waals surface area contributed by atoms with E-state index in [1.807, 2.05) is 13.8 Å². The Morgan fingerprint density at radius 3 is 2.46 bits per heavy atom. The Morgan fingerprint density at radius 2 is 1.85 bits per heavy atom. The van der Waals surface area contributed by atoms with E-state index in [0.29, 0.717) is 5.69 Å². The lowest BCUT2D eigenvalue weighted by Gasteiger charge is -2.20. The minimum absolute atomic E-state index is 0.000111. The fourth-order valence-electron chi connectivity index (χ4n) is 2.56. The van der Waals surface area contributed by atoms with Crippen LogP contribution in [0.5, 0.6) is 0 Å². The van der Waals surface area contributed by atoms with Crippen molar-refractivity contribution in [1.82, 2.24) is 5.32 Å². The van der Waals surface area contributed by atoms with Gasteiger partial charge in [-0.2, -0.15) is 0 Å². The summed E-state index contributed by atoms with van der Waals surface area (Å²) in [7, 11) is -2.48. The van der Waals surface area contributed by atoms with Crippen LogP contribution in [0.15, 0.2) is 53.4 Å². The molecule has 1 amide bonds. The third kappa shape index (κ3) is 4.60. The minimum Gasteiger partial charge on any atom is -0.350 e. The highest BCUT2D eigenvalue weighted by molar-refractivity contribution is 7.92.